The Morgan fingerprint density at radius 1 is 1.35 bits per heavy atom. The minimum Gasteiger partial charge on any atom is -0.365 e. The maximum Gasteiger partial charge on any atom is 0.224 e. The lowest BCUT2D eigenvalue weighted by molar-refractivity contribution is 1.06. The molecule has 0 bridgehead atoms. The number of nitrogens with zero attached hydrogens (tertiary/aromatic N) is 2. The van der Waals surface area contributed by atoms with Crippen molar-refractivity contribution in [2.45, 2.75) is 13.5 Å². The van der Waals surface area contributed by atoms with Crippen LogP contribution in [0.4, 0.5) is 11.8 Å². The van der Waals surface area contributed by atoms with Crippen molar-refractivity contribution in [2.24, 2.45) is 0 Å². The number of hydrogen-bond donors (Lipinski definition) is 2. The molecule has 2 N–H and O–H groups in total. The van der Waals surface area contributed by atoms with Crippen LogP contribution in [0.25, 0.3) is 0 Å². The highest BCUT2D eigenvalue weighted by Crippen LogP contribution is 2.23. The molecule has 2 rings (SSSR count). The summed E-state index contributed by atoms with van der Waals surface area (Å²) in [6.07, 6.45) is 1.75. The molecule has 0 radical (unpaired) electrons. The van der Waals surface area contributed by atoms with Crippen LogP contribution < -0.4 is 10.6 Å². The number of nitrogens with one attached hydrogen (secondary N) is 2. The average Bonchev–Trinajstić information content (AvgIpc) is 2.73. The van der Waals surface area contributed by atoms with E-state index in [0.29, 0.717) is 5.95 Å². The fourth-order valence-corrected chi connectivity index (χ4v) is 2.75. The van der Waals surface area contributed by atoms with Crippen LogP contribution >= 0.6 is 27.3 Å². The molecule has 0 aliphatic heterocycles. The van der Waals surface area contributed by atoms with Crippen LogP contribution in [-0.4, -0.2) is 16.5 Å². The van der Waals surface area contributed by atoms with E-state index in [1.165, 1.54) is 4.88 Å². The van der Waals surface area contributed by atoms with E-state index in [9.17, 15) is 0 Å². The smallest absolute Gasteiger partial charge is 0.224 e. The third-order valence-electron chi connectivity index (χ3n) is 2.11. The summed E-state index contributed by atoms with van der Waals surface area (Å²) < 4.78 is 1.14. The Labute approximate surface area is 113 Å². The van der Waals surface area contributed by atoms with Crippen LogP contribution in [0.3, 0.4) is 0 Å². The van der Waals surface area contributed by atoms with Gasteiger partial charge in [0.15, 0.2) is 0 Å². The van der Waals surface area contributed by atoms with E-state index >= 15 is 0 Å². The highest BCUT2D eigenvalue weighted by molar-refractivity contribution is 9.10. The Morgan fingerprint density at radius 2 is 2.24 bits per heavy atom. The average molecular weight is 313 g/mol. The van der Waals surface area contributed by atoms with Crippen molar-refractivity contribution in [1.29, 1.82) is 0 Å². The maximum absolute atomic E-state index is 4.35. The number of thiophene rings is 1. The minimum absolute atomic E-state index is 0.655. The largest absolute Gasteiger partial charge is 0.365 e. The summed E-state index contributed by atoms with van der Waals surface area (Å²) in [4.78, 5) is 9.73. The molecular weight excluding hydrogens is 300 g/mol. The van der Waals surface area contributed by atoms with Crippen LogP contribution in [-0.2, 0) is 6.54 Å². The van der Waals surface area contributed by atoms with Crippen LogP contribution in [0.5, 0.6) is 0 Å². The zero-order valence-corrected chi connectivity index (χ0v) is 11.8. The molecule has 4 nitrogen and oxygen atoms in total. The van der Waals surface area contributed by atoms with Crippen LogP contribution in [0, 0.1) is 0 Å². The number of anilines is 2. The zero-order chi connectivity index (χ0) is 12.1. The number of halogens is 1. The van der Waals surface area contributed by atoms with E-state index in [1.807, 2.05) is 19.1 Å². The third kappa shape index (κ3) is 3.41. The molecule has 0 aliphatic carbocycles. The lowest BCUT2D eigenvalue weighted by Gasteiger charge is -2.06. The van der Waals surface area contributed by atoms with Crippen LogP contribution in [0.2, 0.25) is 0 Å². The monoisotopic (exact) mass is 312 g/mol. The molecule has 0 fully saturated rings. The van der Waals surface area contributed by atoms with Gasteiger partial charge in [0.2, 0.25) is 5.95 Å². The van der Waals surface area contributed by atoms with Gasteiger partial charge in [-0.1, -0.05) is 0 Å². The fourth-order valence-electron chi connectivity index (χ4n) is 1.32. The molecule has 17 heavy (non-hydrogen) atoms. The van der Waals surface area contributed by atoms with Gasteiger partial charge in [-0.15, -0.1) is 11.3 Å². The van der Waals surface area contributed by atoms with E-state index in [1.54, 1.807) is 17.5 Å². The number of hydrogen-bond acceptors (Lipinski definition) is 5. The van der Waals surface area contributed by atoms with E-state index in [2.05, 4.69) is 41.9 Å². The summed E-state index contributed by atoms with van der Waals surface area (Å²) in [6, 6.07) is 3.91. The maximum atomic E-state index is 4.35. The normalized spacial score (nSPS) is 10.2. The van der Waals surface area contributed by atoms with E-state index < -0.39 is 0 Å². The first-order valence-electron chi connectivity index (χ1n) is 5.32. The molecule has 0 saturated heterocycles. The van der Waals surface area contributed by atoms with E-state index in [0.717, 1.165) is 23.4 Å². The highest BCUT2D eigenvalue weighted by atomic mass is 79.9. The fraction of sp³-hybridized carbons (Fsp3) is 0.273. The topological polar surface area (TPSA) is 49.8 Å². The van der Waals surface area contributed by atoms with Gasteiger partial charge in [0.05, 0.1) is 6.54 Å². The lowest BCUT2D eigenvalue weighted by atomic mass is 10.4. The van der Waals surface area contributed by atoms with Gasteiger partial charge in [0.1, 0.15) is 5.82 Å². The Bertz CT molecular complexity index is 486. The van der Waals surface area contributed by atoms with E-state index in [-0.39, 0.29) is 0 Å². The van der Waals surface area contributed by atoms with Gasteiger partial charge in [-0.05, 0) is 40.4 Å². The molecule has 2 heterocycles. The summed E-state index contributed by atoms with van der Waals surface area (Å²) in [5.74, 6) is 1.49. The van der Waals surface area contributed by atoms with E-state index in [4.69, 9.17) is 0 Å². The standard InChI is InChI=1S/C11H13BrN4S/c1-2-13-11-14-5-3-10(16-11)15-7-9-8(12)4-6-17-9/h3-6H,2,7H2,1H3,(H2,13,14,15,16). The van der Waals surface area contributed by atoms with Gasteiger partial charge < -0.3 is 10.6 Å². The van der Waals surface area contributed by atoms with Crippen LogP contribution in [0.1, 0.15) is 11.8 Å². The van der Waals surface area contributed by atoms with Crippen molar-refractivity contribution in [3.63, 3.8) is 0 Å². The number of aromatic nitrogens is 2. The van der Waals surface area contributed by atoms with Gasteiger partial charge in [0, 0.05) is 22.1 Å². The van der Waals surface area contributed by atoms with Crippen molar-refractivity contribution in [1.82, 2.24) is 9.97 Å². The van der Waals surface area contributed by atoms with Crippen molar-refractivity contribution in [3.8, 4) is 0 Å². The van der Waals surface area contributed by atoms with Crippen molar-refractivity contribution in [2.75, 3.05) is 17.2 Å². The quantitative estimate of drug-likeness (QED) is 0.889. The van der Waals surface area contributed by atoms with Gasteiger partial charge in [-0.3, -0.25) is 0 Å². The first-order chi connectivity index (χ1) is 8.29. The molecule has 0 unspecified atom stereocenters. The van der Waals surface area contributed by atoms with Gasteiger partial charge in [-0.2, -0.15) is 4.98 Å². The molecule has 2 aromatic heterocycles. The first-order valence-corrected chi connectivity index (χ1v) is 6.99. The molecule has 0 spiro atoms. The molecule has 90 valence electrons. The van der Waals surface area contributed by atoms with Crippen LogP contribution in [0.15, 0.2) is 28.2 Å². The summed E-state index contributed by atoms with van der Waals surface area (Å²) in [5.41, 5.74) is 0. The predicted molar refractivity (Wildman–Crippen MR) is 75.5 cm³/mol. The zero-order valence-electron chi connectivity index (χ0n) is 9.40. The highest BCUT2D eigenvalue weighted by Gasteiger charge is 2.02. The molecule has 6 heteroatoms. The summed E-state index contributed by atoms with van der Waals surface area (Å²) in [7, 11) is 0. The molecule has 0 aliphatic rings. The molecule has 0 aromatic carbocycles. The summed E-state index contributed by atoms with van der Waals surface area (Å²) in [5, 5.41) is 8.42. The second-order valence-corrected chi connectivity index (χ2v) is 5.20. The van der Waals surface area contributed by atoms with Gasteiger partial charge in [-0.25, -0.2) is 4.98 Å². The lowest BCUT2D eigenvalue weighted by Crippen LogP contribution is -2.05. The van der Waals surface area contributed by atoms with Gasteiger partial charge in [0.25, 0.3) is 0 Å². The molecule has 0 amide bonds. The predicted octanol–water partition coefficient (Wildman–Crippen LogP) is 3.34. The minimum atomic E-state index is 0.655. The van der Waals surface area contributed by atoms with Crippen molar-refractivity contribution >= 4 is 39.0 Å². The first kappa shape index (κ1) is 12.3. The third-order valence-corrected chi connectivity index (χ3v) is 4.04. The Kier molecular flexibility index (Phi) is 4.33. The van der Waals surface area contributed by atoms with Crippen molar-refractivity contribution in [3.05, 3.63) is 33.1 Å². The summed E-state index contributed by atoms with van der Waals surface area (Å²) >= 11 is 5.22. The van der Waals surface area contributed by atoms with Crippen molar-refractivity contribution < 1.29 is 0 Å². The Balaban J connectivity index is 1.99. The molecular formula is C11H13BrN4S. The second-order valence-electron chi connectivity index (χ2n) is 3.34. The molecule has 0 saturated carbocycles. The Hall–Kier alpha value is -1.14. The molecule has 2 aromatic rings. The number of rotatable bonds is 5. The Morgan fingerprint density at radius 3 is 2.94 bits per heavy atom. The summed E-state index contributed by atoms with van der Waals surface area (Å²) in [6.45, 7) is 3.60. The second kappa shape index (κ2) is 5.97. The van der Waals surface area contributed by atoms with Gasteiger partial charge >= 0.3 is 0 Å². The molecule has 0 atom stereocenters. The SMILES string of the molecule is CCNc1nccc(NCc2sccc2Br)n1.